The maximum atomic E-state index is 16.3. The maximum absolute atomic E-state index is 16.3. The highest BCUT2D eigenvalue weighted by molar-refractivity contribution is 6.32. The highest BCUT2D eigenvalue weighted by Gasteiger charge is 2.24. The Bertz CT molecular complexity index is 1320. The van der Waals surface area contributed by atoms with Crippen molar-refractivity contribution in [2.75, 3.05) is 81.9 Å². The van der Waals surface area contributed by atoms with Crippen molar-refractivity contribution in [1.82, 2.24) is 24.7 Å². The highest BCUT2D eigenvalue weighted by Crippen LogP contribution is 2.39. The van der Waals surface area contributed by atoms with E-state index in [2.05, 4.69) is 44.0 Å². The molecule has 9 nitrogen and oxygen atoms in total. The standard InChI is InChI=1S/C28H34ClFN8O/c1-3-36-12-16-38(17-13-36)28(39)20-6-4-19(5-7-20)21-8-9-22(37-14-10-35(2)11-15-37)25(23(21)30)34-27-24(31)26(29)32-18-33-27/h4-9,18H,3,10-17,31H2,1-2H3,(H,32,33,34). The van der Waals surface area contributed by atoms with E-state index in [4.69, 9.17) is 17.3 Å². The molecule has 2 aliphatic heterocycles. The Hall–Kier alpha value is -3.47. The third kappa shape index (κ3) is 5.78. The van der Waals surface area contributed by atoms with Crippen LogP contribution in [0.5, 0.6) is 0 Å². The van der Waals surface area contributed by atoms with Crippen LogP contribution in [0.15, 0.2) is 42.7 Å². The summed E-state index contributed by atoms with van der Waals surface area (Å²) in [5.74, 6) is -0.192. The number of anilines is 4. The van der Waals surface area contributed by atoms with Crippen molar-refractivity contribution in [3.63, 3.8) is 0 Å². The first kappa shape index (κ1) is 27.1. The number of benzene rings is 2. The quantitative estimate of drug-likeness (QED) is 0.446. The van der Waals surface area contributed by atoms with Gasteiger partial charge in [-0.15, -0.1) is 0 Å². The van der Waals surface area contributed by atoms with E-state index in [1.807, 2.05) is 11.0 Å². The molecule has 2 fully saturated rings. The maximum Gasteiger partial charge on any atom is 0.253 e. The minimum absolute atomic E-state index is 0.00154. The van der Waals surface area contributed by atoms with Crippen LogP contribution in [0.3, 0.4) is 0 Å². The van der Waals surface area contributed by atoms with Gasteiger partial charge in [0.1, 0.15) is 17.7 Å². The number of likely N-dealkylation sites (N-methyl/N-ethyl adjacent to an activating group) is 2. The van der Waals surface area contributed by atoms with Crippen molar-refractivity contribution < 1.29 is 9.18 Å². The number of hydrogen-bond donors (Lipinski definition) is 2. The summed E-state index contributed by atoms with van der Waals surface area (Å²) < 4.78 is 16.3. The fourth-order valence-electron chi connectivity index (χ4n) is 5.05. The molecule has 0 saturated carbocycles. The average Bonchev–Trinajstić information content (AvgIpc) is 2.96. The Morgan fingerprint density at radius 1 is 1.00 bits per heavy atom. The fraction of sp³-hybridized carbons (Fsp3) is 0.393. The second-order valence-electron chi connectivity index (χ2n) is 9.97. The van der Waals surface area contributed by atoms with Crippen LogP contribution in [0, 0.1) is 5.82 Å². The Labute approximate surface area is 233 Å². The molecule has 0 radical (unpaired) electrons. The number of carbonyl (C=O) groups is 1. The van der Waals surface area contributed by atoms with Crippen molar-refractivity contribution >= 4 is 40.4 Å². The van der Waals surface area contributed by atoms with Gasteiger partial charge in [-0.3, -0.25) is 4.79 Å². The van der Waals surface area contributed by atoms with E-state index in [1.54, 1.807) is 30.3 Å². The number of carbonyl (C=O) groups excluding carboxylic acids is 1. The van der Waals surface area contributed by atoms with Gasteiger partial charge in [0.25, 0.3) is 5.91 Å². The first-order valence-corrected chi connectivity index (χ1v) is 13.6. The molecular formula is C28H34ClFN8O. The summed E-state index contributed by atoms with van der Waals surface area (Å²) in [6.45, 7) is 9.55. The monoisotopic (exact) mass is 552 g/mol. The topological polar surface area (TPSA) is 93.9 Å². The number of piperazine rings is 2. The molecule has 1 aromatic heterocycles. The van der Waals surface area contributed by atoms with Crippen molar-refractivity contribution in [3.05, 3.63) is 59.3 Å². The van der Waals surface area contributed by atoms with Crippen LogP contribution in [0.25, 0.3) is 11.1 Å². The van der Waals surface area contributed by atoms with E-state index in [0.717, 1.165) is 51.5 Å². The molecule has 206 valence electrons. The summed E-state index contributed by atoms with van der Waals surface area (Å²) in [5, 5.41) is 3.19. The second kappa shape index (κ2) is 11.7. The van der Waals surface area contributed by atoms with Crippen LogP contribution in [0.2, 0.25) is 5.15 Å². The molecular weight excluding hydrogens is 519 g/mol. The predicted octanol–water partition coefficient (Wildman–Crippen LogP) is 3.79. The molecule has 0 bridgehead atoms. The molecule has 2 saturated heterocycles. The average molecular weight is 553 g/mol. The third-order valence-corrected chi connectivity index (χ3v) is 7.89. The van der Waals surface area contributed by atoms with Crippen LogP contribution in [-0.4, -0.2) is 96.5 Å². The lowest BCUT2D eigenvalue weighted by Crippen LogP contribution is -2.48. The molecule has 11 heteroatoms. The number of aromatic nitrogens is 2. The van der Waals surface area contributed by atoms with Gasteiger partial charge in [-0.05, 0) is 43.4 Å². The molecule has 0 spiro atoms. The molecule has 2 aliphatic rings. The summed E-state index contributed by atoms with van der Waals surface area (Å²) in [4.78, 5) is 29.7. The lowest BCUT2D eigenvalue weighted by atomic mass is 10.0. The number of hydrogen-bond acceptors (Lipinski definition) is 8. The van der Waals surface area contributed by atoms with E-state index in [9.17, 15) is 4.79 Å². The summed E-state index contributed by atoms with van der Waals surface area (Å²) in [6.07, 6.45) is 1.29. The normalized spacial score (nSPS) is 16.9. The summed E-state index contributed by atoms with van der Waals surface area (Å²) in [5.41, 5.74) is 8.91. The molecule has 3 heterocycles. The molecule has 1 amide bonds. The van der Waals surface area contributed by atoms with Gasteiger partial charge >= 0.3 is 0 Å². The number of rotatable bonds is 6. The summed E-state index contributed by atoms with van der Waals surface area (Å²) in [6, 6.07) is 10.8. The molecule has 3 aromatic rings. The molecule has 0 unspecified atom stereocenters. The fourth-order valence-corrected chi connectivity index (χ4v) is 5.19. The minimum Gasteiger partial charge on any atom is -0.393 e. The number of halogens is 2. The minimum atomic E-state index is -0.435. The first-order chi connectivity index (χ1) is 18.9. The van der Waals surface area contributed by atoms with Gasteiger partial charge in [-0.25, -0.2) is 14.4 Å². The molecule has 39 heavy (non-hydrogen) atoms. The van der Waals surface area contributed by atoms with Crippen molar-refractivity contribution in [1.29, 1.82) is 0 Å². The van der Waals surface area contributed by atoms with Crippen molar-refractivity contribution in [2.45, 2.75) is 6.92 Å². The first-order valence-electron chi connectivity index (χ1n) is 13.3. The number of amides is 1. The van der Waals surface area contributed by atoms with E-state index < -0.39 is 5.82 Å². The molecule has 0 aliphatic carbocycles. The Balaban J connectivity index is 1.45. The van der Waals surface area contributed by atoms with Gasteiger partial charge in [0.2, 0.25) is 0 Å². The largest absolute Gasteiger partial charge is 0.393 e. The Kier molecular flexibility index (Phi) is 8.15. The van der Waals surface area contributed by atoms with E-state index in [-0.39, 0.29) is 28.3 Å². The van der Waals surface area contributed by atoms with Crippen LogP contribution < -0.4 is 16.0 Å². The van der Waals surface area contributed by atoms with Crippen molar-refractivity contribution in [2.24, 2.45) is 0 Å². The van der Waals surface area contributed by atoms with E-state index >= 15 is 4.39 Å². The Morgan fingerprint density at radius 2 is 1.69 bits per heavy atom. The molecule has 3 N–H and O–H groups in total. The van der Waals surface area contributed by atoms with Gasteiger partial charge in [0, 0.05) is 63.5 Å². The Morgan fingerprint density at radius 3 is 2.36 bits per heavy atom. The lowest BCUT2D eigenvalue weighted by molar-refractivity contribution is 0.0643. The van der Waals surface area contributed by atoms with Crippen LogP contribution in [0.1, 0.15) is 17.3 Å². The molecule has 0 atom stereocenters. The van der Waals surface area contributed by atoms with Gasteiger partial charge in [0.05, 0.1) is 5.69 Å². The number of nitrogen functional groups attached to an aromatic ring is 1. The van der Waals surface area contributed by atoms with E-state index in [0.29, 0.717) is 29.8 Å². The summed E-state index contributed by atoms with van der Waals surface area (Å²) in [7, 11) is 2.07. The van der Waals surface area contributed by atoms with Gasteiger partial charge in [0.15, 0.2) is 16.8 Å². The number of nitrogens with one attached hydrogen (secondary N) is 1. The molecule has 2 aromatic carbocycles. The summed E-state index contributed by atoms with van der Waals surface area (Å²) >= 11 is 6.10. The van der Waals surface area contributed by atoms with Gasteiger partial charge in [-0.1, -0.05) is 30.7 Å². The molecule has 5 rings (SSSR count). The van der Waals surface area contributed by atoms with Crippen LogP contribution in [-0.2, 0) is 0 Å². The second-order valence-corrected chi connectivity index (χ2v) is 10.3. The van der Waals surface area contributed by atoms with Crippen molar-refractivity contribution in [3.8, 4) is 11.1 Å². The van der Waals surface area contributed by atoms with Gasteiger partial charge in [-0.2, -0.15) is 0 Å². The zero-order valence-electron chi connectivity index (χ0n) is 22.3. The lowest BCUT2D eigenvalue weighted by Gasteiger charge is -2.35. The smallest absolute Gasteiger partial charge is 0.253 e. The highest BCUT2D eigenvalue weighted by atomic mass is 35.5. The third-order valence-electron chi connectivity index (χ3n) is 7.59. The van der Waals surface area contributed by atoms with E-state index in [1.165, 1.54) is 6.33 Å². The van der Waals surface area contributed by atoms with Gasteiger partial charge < -0.3 is 30.7 Å². The predicted molar refractivity (Wildman–Crippen MR) is 154 cm³/mol. The SMILES string of the molecule is CCN1CCN(C(=O)c2ccc(-c3ccc(N4CCN(C)CC4)c(Nc4ncnc(Cl)c4N)c3F)cc2)CC1. The van der Waals surface area contributed by atoms with Crippen LogP contribution in [0.4, 0.5) is 27.3 Å². The number of nitrogens with two attached hydrogens (primary N) is 1. The zero-order valence-corrected chi connectivity index (χ0v) is 23.1. The zero-order chi connectivity index (χ0) is 27.5. The number of nitrogens with zero attached hydrogens (tertiary/aromatic N) is 6. The van der Waals surface area contributed by atoms with Crippen LogP contribution >= 0.6 is 11.6 Å².